The van der Waals surface area contributed by atoms with Crippen LogP contribution in [0, 0.1) is 58.2 Å². The molecular weight excluding hydrogens is 445 g/mol. The zero-order valence-corrected chi connectivity index (χ0v) is 13.1. The molecule has 0 aliphatic heterocycles. The fraction of sp³-hybridized carbons (Fsp3) is 0. The smallest absolute Gasteiger partial charge is 0.200 e. The molecule has 24 heavy (non-hydrogen) atoms. The molecule has 2 aromatic carbocycles. The minimum absolute atomic E-state index is 1.75. The van der Waals surface area contributed by atoms with Gasteiger partial charge < -0.3 is 0 Å². The van der Waals surface area contributed by atoms with Crippen LogP contribution in [0.1, 0.15) is 0 Å². The normalized spacial score (nSPS) is 11.5. The van der Waals surface area contributed by atoms with E-state index in [2.05, 4.69) is 15.5 Å². The predicted molar refractivity (Wildman–Crippen MR) is 67.6 cm³/mol. The van der Waals surface area contributed by atoms with Crippen molar-refractivity contribution in [3.05, 3.63) is 58.2 Å². The second-order valence-corrected chi connectivity index (χ2v) is 7.70. The van der Waals surface area contributed by atoms with Gasteiger partial charge in [-0.3, -0.25) is 0 Å². The Hall–Kier alpha value is -1.35. The molecule has 0 saturated carbocycles. The third kappa shape index (κ3) is 2.67. The molecular formula is C12BrF10P. The van der Waals surface area contributed by atoms with E-state index in [4.69, 9.17) is 0 Å². The van der Waals surface area contributed by atoms with Gasteiger partial charge in [0.1, 0.15) is 0 Å². The van der Waals surface area contributed by atoms with E-state index >= 15 is 0 Å². The third-order valence-corrected chi connectivity index (χ3v) is 6.46. The summed E-state index contributed by atoms with van der Waals surface area (Å²) in [4.78, 5) is 0. The summed E-state index contributed by atoms with van der Waals surface area (Å²) < 4.78 is 133. The van der Waals surface area contributed by atoms with Gasteiger partial charge in [-0.05, 0) is 15.5 Å². The Labute approximate surface area is 135 Å². The lowest BCUT2D eigenvalue weighted by Gasteiger charge is -2.16. The van der Waals surface area contributed by atoms with E-state index in [1.54, 1.807) is 0 Å². The maximum Gasteiger partial charge on any atom is 0.200 e. The number of hydrogen-bond acceptors (Lipinski definition) is 0. The van der Waals surface area contributed by atoms with E-state index in [-0.39, 0.29) is 0 Å². The van der Waals surface area contributed by atoms with E-state index in [0.29, 0.717) is 0 Å². The van der Waals surface area contributed by atoms with Crippen LogP contribution >= 0.6 is 22.1 Å². The largest absolute Gasteiger partial charge is 0.203 e. The average Bonchev–Trinajstić information content (AvgIpc) is 2.55. The highest BCUT2D eigenvalue weighted by atomic mass is 79.9. The van der Waals surface area contributed by atoms with Gasteiger partial charge in [0.05, 0.1) is 10.6 Å². The van der Waals surface area contributed by atoms with Gasteiger partial charge in [-0.15, -0.1) is 0 Å². The molecule has 0 bridgehead atoms. The molecule has 0 aromatic heterocycles. The quantitative estimate of drug-likeness (QED) is 0.269. The first-order valence-electron chi connectivity index (χ1n) is 5.51. The van der Waals surface area contributed by atoms with Crippen molar-refractivity contribution in [2.75, 3.05) is 0 Å². The van der Waals surface area contributed by atoms with E-state index in [9.17, 15) is 43.9 Å². The highest BCUT2D eigenvalue weighted by Gasteiger charge is 2.36. The summed E-state index contributed by atoms with van der Waals surface area (Å²) in [6.07, 6.45) is 0. The van der Waals surface area contributed by atoms with E-state index in [1.165, 1.54) is 0 Å². The summed E-state index contributed by atoms with van der Waals surface area (Å²) in [7, 11) is 0. The molecule has 0 N–H and O–H groups in total. The van der Waals surface area contributed by atoms with Crippen molar-refractivity contribution in [3.8, 4) is 0 Å². The molecule has 0 spiro atoms. The lowest BCUT2D eigenvalue weighted by molar-refractivity contribution is 0.383. The number of rotatable bonds is 2. The first kappa shape index (κ1) is 19.0. The average molecular weight is 445 g/mol. The van der Waals surface area contributed by atoms with Crippen LogP contribution in [0.3, 0.4) is 0 Å². The molecule has 2 rings (SSSR count). The van der Waals surface area contributed by atoms with Gasteiger partial charge in [0.25, 0.3) is 0 Å². The number of benzene rings is 2. The summed E-state index contributed by atoms with van der Waals surface area (Å²) in [6, 6.07) is 0. The first-order valence-corrected chi connectivity index (χ1v) is 8.87. The molecule has 0 unspecified atom stereocenters. The summed E-state index contributed by atoms with van der Waals surface area (Å²) in [5, 5.41) is -3.49. The van der Waals surface area contributed by atoms with Crippen molar-refractivity contribution >= 4 is 32.7 Å². The molecule has 2 aromatic rings. The Morgan fingerprint density at radius 2 is 0.542 bits per heavy atom. The van der Waals surface area contributed by atoms with Gasteiger partial charge in [-0.25, -0.2) is 43.9 Å². The standard InChI is InChI=1S/C12BrF10P/c13-24(11-7(20)3(16)1(14)4(17)8(11)21)12-9(22)5(18)2(15)6(19)10(12)23. The molecule has 0 aliphatic rings. The SMILES string of the molecule is Fc1c(F)c(F)c(P(Br)c2c(F)c(F)c(F)c(F)c2F)c(F)c1F. The fourth-order valence-electron chi connectivity index (χ4n) is 1.64. The van der Waals surface area contributed by atoms with Crippen LogP contribution in [-0.2, 0) is 0 Å². The van der Waals surface area contributed by atoms with E-state index < -0.39 is 75.4 Å². The van der Waals surface area contributed by atoms with Crippen LogP contribution in [0.25, 0.3) is 0 Å². The van der Waals surface area contributed by atoms with Crippen LogP contribution < -0.4 is 10.6 Å². The summed E-state index contributed by atoms with van der Waals surface area (Å²) in [5.74, 6) is -24.6. The van der Waals surface area contributed by atoms with Gasteiger partial charge in [0.2, 0.25) is 11.6 Å². The minimum atomic E-state index is -3.32. The molecule has 0 aliphatic carbocycles. The zero-order chi connectivity index (χ0) is 18.5. The van der Waals surface area contributed by atoms with Crippen LogP contribution in [-0.4, -0.2) is 0 Å². The van der Waals surface area contributed by atoms with Crippen molar-refractivity contribution in [1.29, 1.82) is 0 Å². The second-order valence-electron chi connectivity index (χ2n) is 4.12. The summed E-state index contributed by atoms with van der Waals surface area (Å²) in [6.45, 7) is -3.32. The monoisotopic (exact) mass is 444 g/mol. The Bertz CT molecular complexity index is 725. The molecule has 0 amide bonds. The lowest BCUT2D eigenvalue weighted by atomic mass is 10.3. The van der Waals surface area contributed by atoms with Gasteiger partial charge >= 0.3 is 0 Å². The molecule has 0 radical (unpaired) electrons. The van der Waals surface area contributed by atoms with Crippen molar-refractivity contribution < 1.29 is 43.9 Å². The van der Waals surface area contributed by atoms with Crippen LogP contribution in [0.5, 0.6) is 0 Å². The second kappa shape index (κ2) is 6.51. The Balaban J connectivity index is 2.84. The van der Waals surface area contributed by atoms with E-state index in [1.807, 2.05) is 0 Å². The molecule has 0 fully saturated rings. The van der Waals surface area contributed by atoms with E-state index in [0.717, 1.165) is 0 Å². The summed E-state index contributed by atoms with van der Waals surface area (Å²) in [5.41, 5.74) is 0. The van der Waals surface area contributed by atoms with Crippen molar-refractivity contribution in [3.63, 3.8) is 0 Å². The van der Waals surface area contributed by atoms with Gasteiger partial charge in [0.15, 0.2) is 46.5 Å². The zero-order valence-electron chi connectivity index (χ0n) is 10.6. The lowest BCUT2D eigenvalue weighted by Crippen LogP contribution is -2.26. The predicted octanol–water partition coefficient (Wildman–Crippen LogP) is 4.82. The van der Waals surface area contributed by atoms with Crippen LogP contribution in [0.4, 0.5) is 43.9 Å². The van der Waals surface area contributed by atoms with Crippen molar-refractivity contribution in [2.24, 2.45) is 0 Å². The Morgan fingerprint density at radius 3 is 0.750 bits per heavy atom. The molecule has 0 saturated heterocycles. The molecule has 130 valence electrons. The highest BCUT2D eigenvalue weighted by Crippen LogP contribution is 2.46. The van der Waals surface area contributed by atoms with Crippen molar-refractivity contribution in [1.82, 2.24) is 0 Å². The summed E-state index contributed by atoms with van der Waals surface area (Å²) >= 11 is 2.28. The van der Waals surface area contributed by atoms with Crippen LogP contribution in [0.15, 0.2) is 0 Å². The fourth-order valence-corrected chi connectivity index (χ4v) is 4.82. The Kier molecular flexibility index (Phi) is 5.15. The molecule has 0 nitrogen and oxygen atoms in total. The maximum atomic E-state index is 13.6. The van der Waals surface area contributed by atoms with Crippen molar-refractivity contribution in [2.45, 2.75) is 0 Å². The first-order chi connectivity index (χ1) is 11.0. The molecule has 12 heteroatoms. The minimum Gasteiger partial charge on any atom is -0.203 e. The number of halogens is 11. The number of hydrogen-bond donors (Lipinski definition) is 0. The third-order valence-electron chi connectivity index (χ3n) is 2.77. The molecule has 0 heterocycles. The van der Waals surface area contributed by atoms with Gasteiger partial charge in [-0.2, -0.15) is 0 Å². The maximum absolute atomic E-state index is 13.6. The van der Waals surface area contributed by atoms with Crippen LogP contribution in [0.2, 0.25) is 0 Å². The molecule has 0 atom stereocenters. The van der Waals surface area contributed by atoms with Gasteiger partial charge in [-0.1, -0.05) is 0 Å². The Morgan fingerprint density at radius 1 is 0.375 bits per heavy atom. The van der Waals surface area contributed by atoms with Gasteiger partial charge in [0, 0.05) is 6.62 Å². The highest BCUT2D eigenvalue weighted by molar-refractivity contribution is 9.40. The topological polar surface area (TPSA) is 0 Å².